The number of ether oxygens (including phenoxy) is 1. The van der Waals surface area contributed by atoms with E-state index in [-0.39, 0.29) is 23.7 Å². The molecule has 0 aliphatic heterocycles. The minimum atomic E-state index is -0.541. The standard InChI is InChI=1S/C15H16N4O4/c1-4-9-6-11(20)23-14-12(9)13(21)16-15(17-14)22-7-10-5-8(2)18-19(10)3/h5-6H,4,7H2,1-3H3,(H,16,17,21). The summed E-state index contributed by atoms with van der Waals surface area (Å²) in [7, 11) is 1.80. The number of aryl methyl sites for hydroxylation is 3. The maximum absolute atomic E-state index is 12.2. The van der Waals surface area contributed by atoms with E-state index in [0.29, 0.717) is 12.0 Å². The molecule has 23 heavy (non-hydrogen) atoms. The highest BCUT2D eigenvalue weighted by Gasteiger charge is 2.13. The van der Waals surface area contributed by atoms with E-state index in [2.05, 4.69) is 15.1 Å². The van der Waals surface area contributed by atoms with Gasteiger partial charge in [0.2, 0.25) is 5.71 Å². The van der Waals surface area contributed by atoms with E-state index in [0.717, 1.165) is 11.4 Å². The van der Waals surface area contributed by atoms with Crippen LogP contribution in [0.25, 0.3) is 11.1 Å². The molecule has 0 radical (unpaired) electrons. The average Bonchev–Trinajstić information content (AvgIpc) is 2.81. The lowest BCUT2D eigenvalue weighted by Gasteiger charge is -2.06. The SMILES string of the molecule is CCc1cc(=O)oc2nc(OCc3cc(C)nn3C)[nH]c(=O)c12. The zero-order valence-corrected chi connectivity index (χ0v) is 13.0. The number of hydrogen-bond acceptors (Lipinski definition) is 6. The molecule has 0 aliphatic rings. The first-order valence-corrected chi connectivity index (χ1v) is 7.17. The average molecular weight is 316 g/mol. The quantitative estimate of drug-likeness (QED) is 0.772. The van der Waals surface area contributed by atoms with Crippen molar-refractivity contribution < 1.29 is 9.15 Å². The summed E-state index contributed by atoms with van der Waals surface area (Å²) in [6.07, 6.45) is 0.529. The maximum Gasteiger partial charge on any atom is 0.337 e. The highest BCUT2D eigenvalue weighted by molar-refractivity contribution is 5.75. The predicted octanol–water partition coefficient (Wildman–Crippen LogP) is 1.06. The van der Waals surface area contributed by atoms with Crippen molar-refractivity contribution in [2.24, 2.45) is 7.05 Å². The fourth-order valence-corrected chi connectivity index (χ4v) is 2.42. The van der Waals surface area contributed by atoms with Crippen LogP contribution in [0.5, 0.6) is 6.01 Å². The largest absolute Gasteiger partial charge is 0.458 e. The third-order valence-corrected chi connectivity index (χ3v) is 3.51. The van der Waals surface area contributed by atoms with Crippen LogP contribution in [-0.4, -0.2) is 19.7 Å². The van der Waals surface area contributed by atoms with Crippen molar-refractivity contribution in [1.82, 2.24) is 19.7 Å². The van der Waals surface area contributed by atoms with Gasteiger partial charge < -0.3 is 9.15 Å². The lowest BCUT2D eigenvalue weighted by molar-refractivity contribution is 0.270. The van der Waals surface area contributed by atoms with E-state index in [1.165, 1.54) is 6.07 Å². The number of nitrogens with zero attached hydrogens (tertiary/aromatic N) is 3. The molecular weight excluding hydrogens is 300 g/mol. The van der Waals surface area contributed by atoms with E-state index >= 15 is 0 Å². The summed E-state index contributed by atoms with van der Waals surface area (Å²) in [6, 6.07) is 3.17. The van der Waals surface area contributed by atoms with E-state index in [9.17, 15) is 9.59 Å². The molecule has 0 unspecified atom stereocenters. The minimum Gasteiger partial charge on any atom is -0.458 e. The molecule has 0 fully saturated rings. The highest BCUT2D eigenvalue weighted by Crippen LogP contribution is 2.14. The van der Waals surface area contributed by atoms with Crippen LogP contribution in [-0.2, 0) is 20.1 Å². The maximum atomic E-state index is 12.2. The van der Waals surface area contributed by atoms with Gasteiger partial charge in [-0.25, -0.2) is 4.79 Å². The Bertz CT molecular complexity index is 983. The number of nitrogens with one attached hydrogen (secondary N) is 1. The molecule has 1 N–H and O–H groups in total. The summed E-state index contributed by atoms with van der Waals surface area (Å²) in [5.41, 5.74) is 1.33. The Kier molecular flexibility index (Phi) is 3.73. The molecule has 0 saturated carbocycles. The summed E-state index contributed by atoms with van der Waals surface area (Å²) < 4.78 is 12.2. The number of hydrogen-bond donors (Lipinski definition) is 1. The van der Waals surface area contributed by atoms with Crippen molar-refractivity contribution in [3.05, 3.63) is 49.9 Å². The van der Waals surface area contributed by atoms with Crippen LogP contribution in [0, 0.1) is 6.92 Å². The van der Waals surface area contributed by atoms with Gasteiger partial charge in [0, 0.05) is 13.1 Å². The van der Waals surface area contributed by atoms with Crippen LogP contribution in [0.1, 0.15) is 23.9 Å². The molecule has 8 heteroatoms. The molecule has 8 nitrogen and oxygen atoms in total. The molecular formula is C15H16N4O4. The molecule has 0 aliphatic carbocycles. The van der Waals surface area contributed by atoms with E-state index < -0.39 is 11.2 Å². The van der Waals surface area contributed by atoms with Crippen LogP contribution in [0.3, 0.4) is 0 Å². The lowest BCUT2D eigenvalue weighted by Crippen LogP contribution is -2.15. The number of aromatic nitrogens is 4. The molecule has 3 heterocycles. The molecule has 120 valence electrons. The van der Waals surface area contributed by atoms with Gasteiger partial charge in [0.1, 0.15) is 12.0 Å². The van der Waals surface area contributed by atoms with Gasteiger partial charge in [0.15, 0.2) is 0 Å². The van der Waals surface area contributed by atoms with Gasteiger partial charge in [-0.3, -0.25) is 14.5 Å². The monoisotopic (exact) mass is 316 g/mol. The third-order valence-electron chi connectivity index (χ3n) is 3.51. The van der Waals surface area contributed by atoms with Gasteiger partial charge in [-0.2, -0.15) is 10.1 Å². The fourth-order valence-electron chi connectivity index (χ4n) is 2.42. The molecule has 3 rings (SSSR count). The summed E-state index contributed by atoms with van der Waals surface area (Å²) in [5, 5.41) is 4.48. The molecule has 0 bridgehead atoms. The molecule has 0 spiro atoms. The molecule has 0 aromatic carbocycles. The molecule has 0 saturated heterocycles. The summed E-state index contributed by atoms with van der Waals surface area (Å²) in [6.45, 7) is 3.91. The molecule has 3 aromatic heterocycles. The Balaban J connectivity index is 1.98. The van der Waals surface area contributed by atoms with Crippen molar-refractivity contribution in [2.45, 2.75) is 26.9 Å². The van der Waals surface area contributed by atoms with Crippen LogP contribution < -0.4 is 15.9 Å². The summed E-state index contributed by atoms with van der Waals surface area (Å²) in [5.74, 6) is 0. The zero-order valence-electron chi connectivity index (χ0n) is 13.0. The molecule has 0 atom stereocenters. The van der Waals surface area contributed by atoms with Crippen LogP contribution in [0.15, 0.2) is 26.1 Å². The number of H-pyrrole nitrogens is 1. The second-order valence-electron chi connectivity index (χ2n) is 5.18. The van der Waals surface area contributed by atoms with Crippen molar-refractivity contribution in [1.29, 1.82) is 0 Å². The highest BCUT2D eigenvalue weighted by atomic mass is 16.5. The normalized spacial score (nSPS) is 11.1. The second kappa shape index (κ2) is 5.71. The van der Waals surface area contributed by atoms with Gasteiger partial charge >= 0.3 is 5.63 Å². The fraction of sp³-hybridized carbons (Fsp3) is 0.333. The van der Waals surface area contributed by atoms with Gasteiger partial charge in [-0.05, 0) is 25.0 Å². The van der Waals surface area contributed by atoms with E-state index in [4.69, 9.17) is 9.15 Å². The van der Waals surface area contributed by atoms with Crippen LogP contribution in [0.2, 0.25) is 0 Å². The Labute approximate surface area is 130 Å². The van der Waals surface area contributed by atoms with Gasteiger partial charge in [-0.15, -0.1) is 0 Å². The Morgan fingerprint density at radius 3 is 2.78 bits per heavy atom. The van der Waals surface area contributed by atoms with Crippen molar-refractivity contribution in [2.75, 3.05) is 0 Å². The van der Waals surface area contributed by atoms with Crippen molar-refractivity contribution in [3.8, 4) is 6.01 Å². The molecule has 3 aromatic rings. The Morgan fingerprint density at radius 1 is 1.35 bits per heavy atom. The minimum absolute atomic E-state index is 0.00208. The van der Waals surface area contributed by atoms with Crippen LogP contribution in [0.4, 0.5) is 0 Å². The number of rotatable bonds is 4. The second-order valence-corrected chi connectivity index (χ2v) is 5.18. The summed E-state index contributed by atoms with van der Waals surface area (Å²) in [4.78, 5) is 30.4. The predicted molar refractivity (Wildman–Crippen MR) is 82.6 cm³/mol. The van der Waals surface area contributed by atoms with Crippen molar-refractivity contribution in [3.63, 3.8) is 0 Å². The number of aromatic amines is 1. The van der Waals surface area contributed by atoms with Crippen LogP contribution >= 0.6 is 0 Å². The Hall–Kier alpha value is -2.90. The first-order valence-electron chi connectivity index (χ1n) is 7.17. The Morgan fingerprint density at radius 2 is 2.13 bits per heavy atom. The summed E-state index contributed by atoms with van der Waals surface area (Å²) >= 11 is 0. The van der Waals surface area contributed by atoms with E-state index in [1.807, 2.05) is 19.9 Å². The lowest BCUT2D eigenvalue weighted by atomic mass is 10.1. The van der Waals surface area contributed by atoms with Gasteiger partial charge in [0.05, 0.1) is 11.4 Å². The first kappa shape index (κ1) is 15.0. The van der Waals surface area contributed by atoms with Gasteiger partial charge in [0.25, 0.3) is 11.6 Å². The molecule has 0 amide bonds. The smallest absolute Gasteiger partial charge is 0.337 e. The van der Waals surface area contributed by atoms with Gasteiger partial charge in [-0.1, -0.05) is 6.92 Å². The first-order chi connectivity index (χ1) is 11.0. The van der Waals surface area contributed by atoms with Crippen molar-refractivity contribution >= 4 is 11.1 Å². The zero-order chi connectivity index (χ0) is 16.6. The number of fused-ring (bicyclic) bond motifs is 1. The third kappa shape index (κ3) is 2.87. The topological polar surface area (TPSA) is 103 Å². The van der Waals surface area contributed by atoms with E-state index in [1.54, 1.807) is 11.7 Å².